The van der Waals surface area contributed by atoms with Crippen LogP contribution in [0.3, 0.4) is 0 Å². The first-order valence-electron chi connectivity index (χ1n) is 8.28. The lowest BCUT2D eigenvalue weighted by Gasteiger charge is -2.29. The summed E-state index contributed by atoms with van der Waals surface area (Å²) >= 11 is 1.57. The molecular weight excluding hydrogens is 308 g/mol. The van der Waals surface area contributed by atoms with Gasteiger partial charge in [0.05, 0.1) is 12.0 Å². The maximum atomic E-state index is 12.7. The van der Waals surface area contributed by atoms with Crippen molar-refractivity contribution in [3.8, 4) is 5.75 Å². The van der Waals surface area contributed by atoms with Gasteiger partial charge in [-0.2, -0.15) is 0 Å². The molecule has 3 heterocycles. The van der Waals surface area contributed by atoms with E-state index in [1.54, 1.807) is 18.4 Å². The average Bonchev–Trinajstić information content (AvgIpc) is 3.07. The summed E-state index contributed by atoms with van der Waals surface area (Å²) in [6.45, 7) is 2.03. The number of fused-ring (bicyclic) bond motifs is 3. The summed E-state index contributed by atoms with van der Waals surface area (Å²) < 4.78 is 6.43. The smallest absolute Gasteiger partial charge is 0.261 e. The largest absolute Gasteiger partial charge is 0.497 e. The molecule has 1 aromatic carbocycles. The second-order valence-corrected chi connectivity index (χ2v) is 7.75. The molecule has 2 atom stereocenters. The summed E-state index contributed by atoms with van der Waals surface area (Å²) in [5.41, 5.74) is 1.05. The van der Waals surface area contributed by atoms with E-state index in [0.29, 0.717) is 18.1 Å². The van der Waals surface area contributed by atoms with Crippen molar-refractivity contribution in [2.75, 3.05) is 7.11 Å². The molecular formula is C18H22N2O2S. The highest BCUT2D eigenvalue weighted by atomic mass is 32.1. The van der Waals surface area contributed by atoms with Crippen LogP contribution in [0.25, 0.3) is 10.1 Å². The molecule has 2 aliphatic rings. The quantitative estimate of drug-likeness (QED) is 0.908. The van der Waals surface area contributed by atoms with Crippen LogP contribution in [-0.4, -0.2) is 31.1 Å². The fourth-order valence-electron chi connectivity index (χ4n) is 3.97. The van der Waals surface area contributed by atoms with E-state index >= 15 is 0 Å². The summed E-state index contributed by atoms with van der Waals surface area (Å²) in [5, 5.41) is 8.00. The first-order chi connectivity index (χ1) is 11.1. The summed E-state index contributed by atoms with van der Waals surface area (Å²) in [4.78, 5) is 13.6. The second kappa shape index (κ2) is 5.80. The Kier molecular flexibility index (Phi) is 3.77. The lowest BCUT2D eigenvalue weighted by molar-refractivity contribution is 0.0927. The van der Waals surface area contributed by atoms with Crippen LogP contribution in [0.5, 0.6) is 5.75 Å². The molecule has 2 bridgehead atoms. The number of carbonyl (C=O) groups is 1. The van der Waals surface area contributed by atoms with Crippen LogP contribution in [0.15, 0.2) is 18.2 Å². The number of hydrogen-bond donors (Lipinski definition) is 2. The minimum Gasteiger partial charge on any atom is -0.497 e. The van der Waals surface area contributed by atoms with Crippen LogP contribution in [-0.2, 0) is 0 Å². The van der Waals surface area contributed by atoms with E-state index in [-0.39, 0.29) is 5.91 Å². The minimum absolute atomic E-state index is 0.0777. The number of thiophene rings is 1. The van der Waals surface area contributed by atoms with E-state index < -0.39 is 0 Å². The summed E-state index contributed by atoms with van der Waals surface area (Å²) in [5.74, 6) is 0.911. The van der Waals surface area contributed by atoms with E-state index in [1.165, 1.54) is 12.8 Å². The fraction of sp³-hybridized carbons (Fsp3) is 0.500. The summed E-state index contributed by atoms with van der Waals surface area (Å²) in [7, 11) is 1.67. The Morgan fingerprint density at radius 3 is 2.74 bits per heavy atom. The zero-order valence-electron chi connectivity index (χ0n) is 13.5. The van der Waals surface area contributed by atoms with E-state index in [1.807, 2.05) is 25.1 Å². The van der Waals surface area contributed by atoms with E-state index in [4.69, 9.17) is 4.74 Å². The van der Waals surface area contributed by atoms with Gasteiger partial charge in [-0.3, -0.25) is 4.79 Å². The van der Waals surface area contributed by atoms with Gasteiger partial charge in [0.25, 0.3) is 5.91 Å². The van der Waals surface area contributed by atoms with Crippen molar-refractivity contribution in [2.45, 2.75) is 50.7 Å². The SMILES string of the molecule is COc1ccc2sc(C(=O)NC3CC4CCC(C3)N4)c(C)c2c1. The zero-order chi connectivity index (χ0) is 16.0. The van der Waals surface area contributed by atoms with Crippen LogP contribution in [0, 0.1) is 6.92 Å². The molecule has 122 valence electrons. The normalized spacial score (nSPS) is 26.4. The van der Waals surface area contributed by atoms with Gasteiger partial charge in [0.2, 0.25) is 0 Å². The van der Waals surface area contributed by atoms with Crippen LogP contribution in [0.1, 0.15) is 40.9 Å². The number of nitrogens with one attached hydrogen (secondary N) is 2. The molecule has 5 heteroatoms. The van der Waals surface area contributed by atoms with E-state index in [0.717, 1.165) is 39.1 Å². The first kappa shape index (κ1) is 15.0. The van der Waals surface area contributed by atoms with Crippen LogP contribution < -0.4 is 15.4 Å². The van der Waals surface area contributed by atoms with Crippen molar-refractivity contribution < 1.29 is 9.53 Å². The lowest BCUT2D eigenvalue weighted by atomic mass is 9.99. The van der Waals surface area contributed by atoms with Crippen LogP contribution in [0.4, 0.5) is 0 Å². The third-order valence-electron chi connectivity index (χ3n) is 5.16. The molecule has 0 saturated carbocycles. The van der Waals surface area contributed by atoms with Crippen molar-refractivity contribution in [1.29, 1.82) is 0 Å². The lowest BCUT2D eigenvalue weighted by Crippen LogP contribution is -2.47. The van der Waals surface area contributed by atoms with Crippen molar-refractivity contribution in [3.63, 3.8) is 0 Å². The highest BCUT2D eigenvalue weighted by molar-refractivity contribution is 7.21. The predicted octanol–water partition coefficient (Wildman–Crippen LogP) is 3.23. The van der Waals surface area contributed by atoms with Gasteiger partial charge in [-0.25, -0.2) is 0 Å². The minimum atomic E-state index is 0.0777. The number of rotatable bonds is 3. The number of aryl methyl sites for hydroxylation is 1. The number of carbonyl (C=O) groups excluding carboxylic acids is 1. The van der Waals surface area contributed by atoms with Crippen molar-refractivity contribution in [3.05, 3.63) is 28.6 Å². The molecule has 2 saturated heterocycles. The Hall–Kier alpha value is -1.59. The first-order valence-corrected chi connectivity index (χ1v) is 9.09. The number of ether oxygens (including phenoxy) is 1. The van der Waals surface area contributed by atoms with Gasteiger partial charge < -0.3 is 15.4 Å². The summed E-state index contributed by atoms with van der Waals surface area (Å²) in [6, 6.07) is 7.49. The number of benzene rings is 1. The van der Waals surface area contributed by atoms with Crippen molar-refractivity contribution >= 4 is 27.3 Å². The second-order valence-electron chi connectivity index (χ2n) is 6.70. The van der Waals surface area contributed by atoms with Crippen LogP contribution >= 0.6 is 11.3 Å². The van der Waals surface area contributed by atoms with Gasteiger partial charge in [-0.1, -0.05) is 0 Å². The highest BCUT2D eigenvalue weighted by Gasteiger charge is 2.34. The average molecular weight is 330 g/mol. The Bertz CT molecular complexity index is 743. The van der Waals surface area contributed by atoms with Gasteiger partial charge >= 0.3 is 0 Å². The zero-order valence-corrected chi connectivity index (χ0v) is 14.3. The van der Waals surface area contributed by atoms with Crippen LogP contribution in [0.2, 0.25) is 0 Å². The number of piperidine rings is 1. The molecule has 1 aromatic heterocycles. The molecule has 0 aliphatic carbocycles. The Balaban J connectivity index is 1.56. The standard InChI is InChI=1S/C18H22N2O2S/c1-10-15-9-14(22-2)5-6-16(15)23-17(10)18(21)20-13-7-11-3-4-12(8-13)19-11/h5-6,9,11-13,19H,3-4,7-8H2,1-2H3,(H,20,21). The predicted molar refractivity (Wildman–Crippen MR) is 93.5 cm³/mol. The highest BCUT2D eigenvalue weighted by Crippen LogP contribution is 2.34. The fourth-order valence-corrected chi connectivity index (χ4v) is 5.06. The molecule has 2 aromatic rings. The molecule has 0 radical (unpaired) electrons. The maximum absolute atomic E-state index is 12.7. The van der Waals surface area contributed by atoms with E-state index in [2.05, 4.69) is 10.6 Å². The van der Waals surface area contributed by atoms with Gasteiger partial charge in [0.1, 0.15) is 5.75 Å². The van der Waals surface area contributed by atoms with Gasteiger partial charge in [-0.05, 0) is 61.8 Å². The molecule has 2 fully saturated rings. The van der Waals surface area contributed by atoms with Crippen molar-refractivity contribution in [1.82, 2.24) is 10.6 Å². The number of methoxy groups -OCH3 is 1. The van der Waals surface area contributed by atoms with Gasteiger partial charge in [0, 0.05) is 22.8 Å². The van der Waals surface area contributed by atoms with Gasteiger partial charge in [-0.15, -0.1) is 11.3 Å². The Labute approximate surface area is 140 Å². The third-order valence-corrected chi connectivity index (χ3v) is 6.43. The molecule has 23 heavy (non-hydrogen) atoms. The monoisotopic (exact) mass is 330 g/mol. The maximum Gasteiger partial charge on any atom is 0.261 e. The third kappa shape index (κ3) is 2.72. The molecule has 2 unspecified atom stereocenters. The molecule has 2 aliphatic heterocycles. The van der Waals surface area contributed by atoms with Gasteiger partial charge in [0.15, 0.2) is 0 Å². The number of hydrogen-bond acceptors (Lipinski definition) is 4. The molecule has 4 rings (SSSR count). The van der Waals surface area contributed by atoms with E-state index in [9.17, 15) is 4.79 Å². The molecule has 0 spiro atoms. The molecule has 2 N–H and O–H groups in total. The number of amides is 1. The topological polar surface area (TPSA) is 50.4 Å². The summed E-state index contributed by atoms with van der Waals surface area (Å²) in [6.07, 6.45) is 4.61. The Morgan fingerprint density at radius 1 is 1.30 bits per heavy atom. The Morgan fingerprint density at radius 2 is 2.04 bits per heavy atom. The molecule has 4 nitrogen and oxygen atoms in total. The molecule has 1 amide bonds. The van der Waals surface area contributed by atoms with Crippen molar-refractivity contribution in [2.24, 2.45) is 0 Å².